The zero-order valence-electron chi connectivity index (χ0n) is 11.0. The Morgan fingerprint density at radius 3 is 2.68 bits per heavy atom. The normalized spacial score (nSPS) is 12.6. The average Bonchev–Trinajstić information content (AvgIpc) is 2.81. The van der Waals surface area contributed by atoms with Crippen LogP contribution in [0.5, 0.6) is 0 Å². The molecule has 2 aromatic rings. The highest BCUT2D eigenvalue weighted by atomic mass is 79.9. The van der Waals surface area contributed by atoms with Gasteiger partial charge < -0.3 is 9.73 Å². The van der Waals surface area contributed by atoms with Crippen LogP contribution in [-0.4, -0.2) is 6.54 Å². The zero-order chi connectivity index (χ0) is 13.8. The maximum atomic E-state index is 5.64. The fourth-order valence-corrected chi connectivity index (χ4v) is 2.96. The Morgan fingerprint density at radius 1 is 1.26 bits per heavy atom. The van der Waals surface area contributed by atoms with Crippen LogP contribution in [0.3, 0.4) is 0 Å². The summed E-state index contributed by atoms with van der Waals surface area (Å²) in [6.07, 6.45) is 2.79. The summed E-state index contributed by atoms with van der Waals surface area (Å²) in [5, 5.41) is 3.54. The average molecular weight is 387 g/mol. The van der Waals surface area contributed by atoms with Crippen LogP contribution in [0, 0.1) is 6.92 Å². The lowest BCUT2D eigenvalue weighted by Crippen LogP contribution is -2.23. The van der Waals surface area contributed by atoms with Crippen molar-refractivity contribution in [1.82, 2.24) is 5.32 Å². The standard InChI is InChI=1S/C15H17Br2NO/c1-3-8-18-14(15-12(16)7-9-19-15)11-6-4-5-10(2)13(11)17/h4-7,9,14,18H,3,8H2,1-2H3. The number of rotatable bonds is 5. The lowest BCUT2D eigenvalue weighted by atomic mass is 10.0. The second kappa shape index (κ2) is 6.73. The first-order valence-corrected chi connectivity index (χ1v) is 7.95. The number of benzene rings is 1. The first-order valence-electron chi connectivity index (χ1n) is 6.36. The Morgan fingerprint density at radius 2 is 2.05 bits per heavy atom. The molecule has 0 aliphatic heterocycles. The molecule has 0 saturated carbocycles. The molecule has 2 nitrogen and oxygen atoms in total. The van der Waals surface area contributed by atoms with Crippen molar-refractivity contribution in [3.8, 4) is 0 Å². The Kier molecular flexibility index (Phi) is 5.25. The number of aryl methyl sites for hydroxylation is 1. The minimum atomic E-state index is 0.0543. The van der Waals surface area contributed by atoms with E-state index in [2.05, 4.69) is 69.2 Å². The number of hydrogen-bond donors (Lipinski definition) is 1. The molecule has 0 radical (unpaired) electrons. The van der Waals surface area contributed by atoms with E-state index in [-0.39, 0.29) is 6.04 Å². The Labute approximate surface area is 130 Å². The van der Waals surface area contributed by atoms with E-state index in [1.54, 1.807) is 6.26 Å². The summed E-state index contributed by atoms with van der Waals surface area (Å²) in [5.74, 6) is 0.916. The van der Waals surface area contributed by atoms with E-state index >= 15 is 0 Å². The van der Waals surface area contributed by atoms with Crippen molar-refractivity contribution >= 4 is 31.9 Å². The number of nitrogens with one attached hydrogen (secondary N) is 1. The second-order valence-electron chi connectivity index (χ2n) is 4.50. The fourth-order valence-electron chi connectivity index (χ4n) is 2.04. The Bertz CT molecular complexity index is 551. The van der Waals surface area contributed by atoms with Gasteiger partial charge >= 0.3 is 0 Å². The van der Waals surface area contributed by atoms with Crippen LogP contribution in [0.15, 0.2) is 43.9 Å². The van der Waals surface area contributed by atoms with Crippen LogP contribution in [0.25, 0.3) is 0 Å². The summed E-state index contributed by atoms with van der Waals surface area (Å²) in [7, 11) is 0. The quantitative estimate of drug-likeness (QED) is 0.763. The zero-order valence-corrected chi connectivity index (χ0v) is 14.2. The van der Waals surface area contributed by atoms with E-state index < -0.39 is 0 Å². The summed E-state index contributed by atoms with van der Waals surface area (Å²) < 4.78 is 7.77. The monoisotopic (exact) mass is 385 g/mol. The van der Waals surface area contributed by atoms with Crippen LogP contribution < -0.4 is 5.32 Å². The molecule has 0 aliphatic rings. The van der Waals surface area contributed by atoms with Gasteiger partial charge in [-0.15, -0.1) is 0 Å². The van der Waals surface area contributed by atoms with Gasteiger partial charge in [-0.3, -0.25) is 0 Å². The third-order valence-corrected chi connectivity index (χ3v) is 4.78. The number of hydrogen-bond acceptors (Lipinski definition) is 2. The molecule has 102 valence electrons. The highest BCUT2D eigenvalue weighted by Crippen LogP contribution is 2.34. The molecule has 0 spiro atoms. The van der Waals surface area contributed by atoms with Crippen molar-refractivity contribution in [3.63, 3.8) is 0 Å². The summed E-state index contributed by atoms with van der Waals surface area (Å²) in [6.45, 7) is 5.20. The summed E-state index contributed by atoms with van der Waals surface area (Å²) in [4.78, 5) is 0. The number of halogens is 2. The molecule has 1 atom stereocenters. The summed E-state index contributed by atoms with van der Waals surface area (Å²) in [5.41, 5.74) is 2.42. The molecule has 1 heterocycles. The van der Waals surface area contributed by atoms with Gasteiger partial charge in [0.15, 0.2) is 0 Å². The molecule has 0 aliphatic carbocycles. The molecule has 4 heteroatoms. The summed E-state index contributed by atoms with van der Waals surface area (Å²) in [6, 6.07) is 8.28. The van der Waals surface area contributed by atoms with Crippen LogP contribution >= 0.6 is 31.9 Å². The van der Waals surface area contributed by atoms with Crippen molar-refractivity contribution in [2.24, 2.45) is 0 Å². The van der Waals surface area contributed by atoms with Gasteiger partial charge in [0.2, 0.25) is 0 Å². The van der Waals surface area contributed by atoms with E-state index in [4.69, 9.17) is 4.42 Å². The first-order chi connectivity index (χ1) is 9.15. The fraction of sp³-hybridized carbons (Fsp3) is 0.333. The smallest absolute Gasteiger partial charge is 0.139 e. The van der Waals surface area contributed by atoms with E-state index in [0.717, 1.165) is 27.7 Å². The molecule has 0 amide bonds. The van der Waals surface area contributed by atoms with Crippen LogP contribution in [0.4, 0.5) is 0 Å². The van der Waals surface area contributed by atoms with E-state index in [1.807, 2.05) is 6.07 Å². The molecule has 1 N–H and O–H groups in total. The van der Waals surface area contributed by atoms with E-state index in [9.17, 15) is 0 Å². The van der Waals surface area contributed by atoms with Crippen molar-refractivity contribution in [2.45, 2.75) is 26.3 Å². The minimum Gasteiger partial charge on any atom is -0.466 e. The largest absolute Gasteiger partial charge is 0.466 e. The lowest BCUT2D eigenvalue weighted by Gasteiger charge is -2.19. The predicted octanol–water partition coefficient (Wildman–Crippen LogP) is 5.20. The van der Waals surface area contributed by atoms with Gasteiger partial charge in [-0.2, -0.15) is 0 Å². The van der Waals surface area contributed by atoms with Gasteiger partial charge in [0.1, 0.15) is 5.76 Å². The molecule has 1 aromatic heterocycles. The highest BCUT2D eigenvalue weighted by Gasteiger charge is 2.22. The molecular formula is C15H17Br2NO. The van der Waals surface area contributed by atoms with Crippen molar-refractivity contribution in [3.05, 3.63) is 56.4 Å². The van der Waals surface area contributed by atoms with Crippen molar-refractivity contribution < 1.29 is 4.42 Å². The third kappa shape index (κ3) is 3.30. The minimum absolute atomic E-state index is 0.0543. The van der Waals surface area contributed by atoms with Gasteiger partial charge in [-0.05, 0) is 53.0 Å². The lowest BCUT2D eigenvalue weighted by molar-refractivity contribution is 0.443. The molecule has 1 aromatic carbocycles. The molecule has 2 rings (SSSR count). The van der Waals surface area contributed by atoms with Gasteiger partial charge in [-0.1, -0.05) is 41.1 Å². The third-order valence-electron chi connectivity index (χ3n) is 3.04. The number of furan rings is 1. The van der Waals surface area contributed by atoms with Gasteiger partial charge in [0.25, 0.3) is 0 Å². The predicted molar refractivity (Wildman–Crippen MR) is 85.4 cm³/mol. The first kappa shape index (κ1) is 14.8. The Hall–Kier alpha value is -0.580. The van der Waals surface area contributed by atoms with Gasteiger partial charge in [0, 0.05) is 4.47 Å². The van der Waals surface area contributed by atoms with E-state index in [0.29, 0.717) is 0 Å². The van der Waals surface area contributed by atoms with Crippen LogP contribution in [0.2, 0.25) is 0 Å². The maximum Gasteiger partial charge on any atom is 0.139 e. The molecule has 0 fully saturated rings. The van der Waals surface area contributed by atoms with Crippen LogP contribution in [-0.2, 0) is 0 Å². The van der Waals surface area contributed by atoms with Gasteiger partial charge in [0.05, 0.1) is 16.8 Å². The second-order valence-corrected chi connectivity index (χ2v) is 6.15. The van der Waals surface area contributed by atoms with Crippen LogP contribution in [0.1, 0.15) is 36.3 Å². The summed E-state index contributed by atoms with van der Waals surface area (Å²) >= 11 is 7.24. The maximum absolute atomic E-state index is 5.64. The molecule has 1 unspecified atom stereocenters. The van der Waals surface area contributed by atoms with Crippen molar-refractivity contribution in [1.29, 1.82) is 0 Å². The molecule has 19 heavy (non-hydrogen) atoms. The van der Waals surface area contributed by atoms with E-state index in [1.165, 1.54) is 11.1 Å². The van der Waals surface area contributed by atoms with Gasteiger partial charge in [-0.25, -0.2) is 0 Å². The molecular weight excluding hydrogens is 370 g/mol. The van der Waals surface area contributed by atoms with Crippen molar-refractivity contribution in [2.75, 3.05) is 6.54 Å². The highest BCUT2D eigenvalue weighted by molar-refractivity contribution is 9.10. The topological polar surface area (TPSA) is 25.2 Å². The molecule has 0 saturated heterocycles. The SMILES string of the molecule is CCCNC(c1cccc(C)c1Br)c1occc1Br. The molecule has 0 bridgehead atoms. The Balaban J connectivity index is 2.43.